The van der Waals surface area contributed by atoms with Crippen molar-refractivity contribution >= 4 is 22.5 Å². The summed E-state index contributed by atoms with van der Waals surface area (Å²) < 4.78 is 0. The molecule has 0 saturated carbocycles. The number of carbonyl (C=O) groups is 1. The number of nitrogens with zero attached hydrogens (tertiary/aromatic N) is 2. The number of para-hydroxylation sites is 1. The number of carbonyl (C=O) groups excluding carboxylic acids is 1. The van der Waals surface area contributed by atoms with E-state index >= 15 is 0 Å². The third kappa shape index (κ3) is 3.59. The molecule has 0 unspecified atom stereocenters. The van der Waals surface area contributed by atoms with Crippen molar-refractivity contribution < 1.29 is 4.79 Å². The van der Waals surface area contributed by atoms with Gasteiger partial charge in [0.1, 0.15) is 0 Å². The number of fused-ring (bicyclic) bond motifs is 1. The second-order valence-electron chi connectivity index (χ2n) is 7.89. The zero-order valence-electron chi connectivity index (χ0n) is 16.6. The Kier molecular flexibility index (Phi) is 5.03. The number of benzene rings is 2. The number of amides is 1. The summed E-state index contributed by atoms with van der Waals surface area (Å²) in [7, 11) is 0. The summed E-state index contributed by atoms with van der Waals surface area (Å²) in [5.41, 5.74) is 11.3. The summed E-state index contributed by atoms with van der Waals surface area (Å²) in [6.07, 6.45) is 1.81. The predicted molar refractivity (Wildman–Crippen MR) is 114 cm³/mol. The Bertz CT molecular complexity index is 988. The summed E-state index contributed by atoms with van der Waals surface area (Å²) in [4.78, 5) is 19.8. The minimum atomic E-state index is -0.110. The van der Waals surface area contributed by atoms with Crippen LogP contribution in [0.1, 0.15) is 48.4 Å². The number of rotatable bonds is 3. The molecule has 1 amide bonds. The Morgan fingerprint density at radius 2 is 1.79 bits per heavy atom. The summed E-state index contributed by atoms with van der Waals surface area (Å²) in [5, 5.41) is 1.07. The number of aryl methyl sites for hydroxylation is 1. The van der Waals surface area contributed by atoms with Crippen molar-refractivity contribution in [3.63, 3.8) is 0 Å². The van der Waals surface area contributed by atoms with Crippen LogP contribution in [0.3, 0.4) is 0 Å². The first kappa shape index (κ1) is 18.5. The van der Waals surface area contributed by atoms with Gasteiger partial charge in [-0.25, -0.2) is 0 Å². The SMILES string of the molecule is Cc1ccc([C@@H](C)C(=O)N2CCC(c3nc4ccccc4cc3N)CC2)cc1. The lowest BCUT2D eigenvalue weighted by atomic mass is 9.90. The van der Waals surface area contributed by atoms with E-state index in [1.807, 2.05) is 42.2 Å². The molecular formula is C24H27N3O. The van der Waals surface area contributed by atoms with Gasteiger partial charge in [0.05, 0.1) is 22.8 Å². The average molecular weight is 374 g/mol. The maximum absolute atomic E-state index is 13.0. The van der Waals surface area contributed by atoms with Crippen LogP contribution in [0, 0.1) is 6.92 Å². The molecular weight excluding hydrogens is 346 g/mol. The van der Waals surface area contributed by atoms with Crippen LogP contribution in [0.4, 0.5) is 5.69 Å². The molecule has 2 aromatic carbocycles. The molecule has 3 aromatic rings. The molecule has 28 heavy (non-hydrogen) atoms. The molecule has 4 nitrogen and oxygen atoms in total. The summed E-state index contributed by atoms with van der Waals surface area (Å²) >= 11 is 0. The maximum atomic E-state index is 13.0. The highest BCUT2D eigenvalue weighted by Gasteiger charge is 2.28. The van der Waals surface area contributed by atoms with Crippen LogP contribution in [0.25, 0.3) is 10.9 Å². The molecule has 2 heterocycles. The summed E-state index contributed by atoms with van der Waals surface area (Å²) in [6, 6.07) is 18.4. The first-order valence-corrected chi connectivity index (χ1v) is 10.0. The fourth-order valence-corrected chi connectivity index (χ4v) is 4.12. The van der Waals surface area contributed by atoms with E-state index in [0.29, 0.717) is 5.92 Å². The minimum absolute atomic E-state index is 0.110. The van der Waals surface area contributed by atoms with Gasteiger partial charge >= 0.3 is 0 Å². The fourth-order valence-electron chi connectivity index (χ4n) is 4.12. The van der Waals surface area contributed by atoms with E-state index in [1.54, 1.807) is 0 Å². The Balaban J connectivity index is 1.45. The van der Waals surface area contributed by atoms with E-state index in [0.717, 1.165) is 53.8 Å². The summed E-state index contributed by atoms with van der Waals surface area (Å²) in [6.45, 7) is 5.58. The lowest BCUT2D eigenvalue weighted by Gasteiger charge is -2.34. The second kappa shape index (κ2) is 7.63. The highest BCUT2D eigenvalue weighted by Crippen LogP contribution is 2.33. The Hall–Kier alpha value is -2.88. The third-order valence-electron chi connectivity index (χ3n) is 5.93. The van der Waals surface area contributed by atoms with E-state index in [4.69, 9.17) is 10.7 Å². The molecule has 1 atom stereocenters. The van der Waals surface area contributed by atoms with Gasteiger partial charge in [-0.15, -0.1) is 0 Å². The average Bonchev–Trinajstić information content (AvgIpc) is 2.73. The van der Waals surface area contributed by atoms with Crippen molar-refractivity contribution in [3.8, 4) is 0 Å². The van der Waals surface area contributed by atoms with E-state index < -0.39 is 0 Å². The van der Waals surface area contributed by atoms with Gasteiger partial charge < -0.3 is 10.6 Å². The van der Waals surface area contributed by atoms with Crippen molar-refractivity contribution in [1.82, 2.24) is 9.88 Å². The summed E-state index contributed by atoms with van der Waals surface area (Å²) in [5.74, 6) is 0.408. The van der Waals surface area contributed by atoms with Gasteiger partial charge in [-0.2, -0.15) is 0 Å². The molecule has 4 rings (SSSR count). The number of hydrogen-bond acceptors (Lipinski definition) is 3. The van der Waals surface area contributed by atoms with Crippen LogP contribution in [-0.2, 0) is 4.79 Å². The van der Waals surface area contributed by atoms with Gasteiger partial charge in [-0.1, -0.05) is 48.0 Å². The molecule has 0 radical (unpaired) electrons. The molecule has 4 heteroatoms. The first-order chi connectivity index (χ1) is 13.5. The maximum Gasteiger partial charge on any atom is 0.229 e. The van der Waals surface area contributed by atoms with Crippen LogP contribution in [0.5, 0.6) is 0 Å². The van der Waals surface area contributed by atoms with Crippen molar-refractivity contribution in [3.05, 3.63) is 71.4 Å². The number of nitrogens with two attached hydrogens (primary N) is 1. The zero-order valence-corrected chi connectivity index (χ0v) is 16.6. The Morgan fingerprint density at radius 3 is 2.50 bits per heavy atom. The molecule has 144 valence electrons. The monoisotopic (exact) mass is 373 g/mol. The van der Waals surface area contributed by atoms with E-state index in [-0.39, 0.29) is 11.8 Å². The third-order valence-corrected chi connectivity index (χ3v) is 5.93. The molecule has 0 aliphatic carbocycles. The molecule has 1 saturated heterocycles. The first-order valence-electron chi connectivity index (χ1n) is 10.0. The molecule has 1 fully saturated rings. The topological polar surface area (TPSA) is 59.2 Å². The van der Waals surface area contributed by atoms with Gasteiger partial charge in [-0.3, -0.25) is 9.78 Å². The smallest absolute Gasteiger partial charge is 0.229 e. The predicted octanol–water partition coefficient (Wildman–Crippen LogP) is 4.64. The van der Waals surface area contributed by atoms with Crippen LogP contribution in [0.2, 0.25) is 0 Å². The van der Waals surface area contributed by atoms with Gasteiger partial charge in [-0.05, 0) is 44.4 Å². The Morgan fingerprint density at radius 1 is 1.11 bits per heavy atom. The number of nitrogen functional groups attached to an aromatic ring is 1. The lowest BCUT2D eigenvalue weighted by molar-refractivity contribution is -0.133. The van der Waals surface area contributed by atoms with Gasteiger partial charge in [0, 0.05) is 24.4 Å². The molecule has 0 spiro atoms. The van der Waals surface area contributed by atoms with E-state index in [9.17, 15) is 4.79 Å². The number of piperidine rings is 1. The van der Waals surface area contributed by atoms with Gasteiger partial charge in [0.15, 0.2) is 0 Å². The van der Waals surface area contributed by atoms with Crippen molar-refractivity contribution in [1.29, 1.82) is 0 Å². The number of likely N-dealkylation sites (tertiary alicyclic amines) is 1. The second-order valence-corrected chi connectivity index (χ2v) is 7.89. The van der Waals surface area contributed by atoms with Crippen LogP contribution in [-0.4, -0.2) is 28.9 Å². The molecule has 1 aliphatic rings. The van der Waals surface area contributed by atoms with Crippen molar-refractivity contribution in [2.75, 3.05) is 18.8 Å². The highest BCUT2D eigenvalue weighted by atomic mass is 16.2. The quantitative estimate of drug-likeness (QED) is 0.728. The number of hydrogen-bond donors (Lipinski definition) is 1. The van der Waals surface area contributed by atoms with E-state index in [1.165, 1.54) is 5.56 Å². The normalized spacial score (nSPS) is 16.3. The van der Waals surface area contributed by atoms with E-state index in [2.05, 4.69) is 31.2 Å². The highest BCUT2D eigenvalue weighted by molar-refractivity contribution is 5.84. The zero-order chi connectivity index (χ0) is 19.7. The van der Waals surface area contributed by atoms with Crippen molar-refractivity contribution in [2.45, 2.75) is 38.5 Å². The molecule has 1 aromatic heterocycles. The molecule has 2 N–H and O–H groups in total. The van der Waals surface area contributed by atoms with Crippen LogP contribution >= 0.6 is 0 Å². The Labute approximate surface area is 166 Å². The number of pyridine rings is 1. The van der Waals surface area contributed by atoms with Crippen molar-refractivity contribution in [2.24, 2.45) is 0 Å². The van der Waals surface area contributed by atoms with Gasteiger partial charge in [0.25, 0.3) is 0 Å². The minimum Gasteiger partial charge on any atom is -0.397 e. The fraction of sp³-hybridized carbons (Fsp3) is 0.333. The number of anilines is 1. The molecule has 1 aliphatic heterocycles. The van der Waals surface area contributed by atoms with Crippen LogP contribution in [0.15, 0.2) is 54.6 Å². The standard InChI is InChI=1S/C24H27N3O/c1-16-7-9-18(10-8-16)17(2)24(28)27-13-11-19(12-14-27)23-21(25)15-20-5-3-4-6-22(20)26-23/h3-10,15,17,19H,11-14,25H2,1-2H3/t17-/m1/s1. The molecule has 0 bridgehead atoms. The van der Waals surface area contributed by atoms with Gasteiger partial charge in [0.2, 0.25) is 5.91 Å². The number of aromatic nitrogens is 1. The van der Waals surface area contributed by atoms with Crippen LogP contribution < -0.4 is 5.73 Å². The largest absolute Gasteiger partial charge is 0.397 e. The lowest BCUT2D eigenvalue weighted by Crippen LogP contribution is -2.40.